The number of hydrogen-bond acceptors (Lipinski definition) is 4. The Kier molecular flexibility index (Phi) is 6.58. The number of benzene rings is 2. The third kappa shape index (κ3) is 4.66. The number of rotatable bonds is 6. The smallest absolute Gasteiger partial charge is 0.328 e. The van der Waals surface area contributed by atoms with Gasteiger partial charge in [-0.3, -0.25) is 9.59 Å². The molecule has 1 aliphatic carbocycles. The largest absolute Gasteiger partial charge is 0.467 e. The van der Waals surface area contributed by atoms with Crippen molar-refractivity contribution < 1.29 is 19.1 Å². The second-order valence-electron chi connectivity index (χ2n) is 7.16. The van der Waals surface area contributed by atoms with Crippen LogP contribution in [0.25, 0.3) is 0 Å². The summed E-state index contributed by atoms with van der Waals surface area (Å²) in [6, 6.07) is 18.1. The molecule has 2 aromatic rings. The van der Waals surface area contributed by atoms with E-state index in [4.69, 9.17) is 4.74 Å². The fourth-order valence-electron chi connectivity index (χ4n) is 3.86. The highest BCUT2D eigenvalue weighted by molar-refractivity contribution is 5.91. The van der Waals surface area contributed by atoms with Crippen molar-refractivity contribution in [2.45, 2.75) is 37.6 Å². The molecule has 0 radical (unpaired) electrons. The second kappa shape index (κ2) is 9.31. The molecule has 0 saturated heterocycles. The minimum Gasteiger partial charge on any atom is -0.467 e. The maximum absolute atomic E-state index is 13.3. The second-order valence-corrected chi connectivity index (χ2v) is 7.16. The molecule has 2 atom stereocenters. The standard InChI is InChI=1S/C23H25NO4/c1-28-23(27)21(18-13-8-14-19(25)15-18)24-22(26)20(16-9-4-2-5-10-16)17-11-6-3-7-12-17/h2-7,9-12,18,20-21H,8,13-15H2,1H3,(H,24,26)/t18-,21+/m0/s1. The van der Waals surface area contributed by atoms with E-state index in [0.29, 0.717) is 19.3 Å². The van der Waals surface area contributed by atoms with Crippen LogP contribution in [0.4, 0.5) is 0 Å². The number of amides is 1. The molecule has 5 nitrogen and oxygen atoms in total. The van der Waals surface area contributed by atoms with Crippen molar-refractivity contribution in [2.24, 2.45) is 5.92 Å². The zero-order valence-corrected chi connectivity index (χ0v) is 16.0. The summed E-state index contributed by atoms with van der Waals surface area (Å²) in [5.74, 6) is -1.43. The predicted molar refractivity (Wildman–Crippen MR) is 106 cm³/mol. The van der Waals surface area contributed by atoms with E-state index in [-0.39, 0.29) is 17.6 Å². The Hall–Kier alpha value is -2.95. The number of ether oxygens (including phenoxy) is 1. The van der Waals surface area contributed by atoms with Crippen LogP contribution in [0.2, 0.25) is 0 Å². The van der Waals surface area contributed by atoms with E-state index in [9.17, 15) is 14.4 Å². The van der Waals surface area contributed by atoms with Gasteiger partial charge >= 0.3 is 5.97 Å². The summed E-state index contributed by atoms with van der Waals surface area (Å²) in [7, 11) is 1.30. The van der Waals surface area contributed by atoms with Crippen molar-refractivity contribution in [3.05, 3.63) is 71.8 Å². The molecule has 0 heterocycles. The zero-order valence-electron chi connectivity index (χ0n) is 16.0. The normalized spacial score (nSPS) is 17.8. The first-order valence-electron chi connectivity index (χ1n) is 9.60. The SMILES string of the molecule is COC(=O)[C@H](NC(=O)C(c1ccccc1)c1ccccc1)[C@H]1CCCC(=O)C1. The van der Waals surface area contributed by atoms with Gasteiger partial charge in [0.1, 0.15) is 11.8 Å². The van der Waals surface area contributed by atoms with Crippen molar-refractivity contribution in [3.8, 4) is 0 Å². The van der Waals surface area contributed by atoms with Gasteiger partial charge in [-0.05, 0) is 29.9 Å². The molecule has 146 valence electrons. The lowest BCUT2D eigenvalue weighted by molar-refractivity contribution is -0.147. The molecule has 1 saturated carbocycles. The van der Waals surface area contributed by atoms with Gasteiger partial charge in [-0.1, -0.05) is 60.7 Å². The number of nitrogens with one attached hydrogen (secondary N) is 1. The van der Waals surface area contributed by atoms with Gasteiger partial charge in [-0.25, -0.2) is 4.79 Å². The molecule has 1 N–H and O–H groups in total. The Bertz CT molecular complexity index is 780. The van der Waals surface area contributed by atoms with Gasteiger partial charge in [-0.2, -0.15) is 0 Å². The van der Waals surface area contributed by atoms with E-state index in [2.05, 4.69) is 5.32 Å². The molecule has 1 aliphatic rings. The van der Waals surface area contributed by atoms with E-state index in [0.717, 1.165) is 17.5 Å². The highest BCUT2D eigenvalue weighted by Gasteiger charge is 2.36. The number of hydrogen-bond donors (Lipinski definition) is 1. The highest BCUT2D eigenvalue weighted by Crippen LogP contribution is 2.28. The third-order valence-electron chi connectivity index (χ3n) is 5.27. The maximum Gasteiger partial charge on any atom is 0.328 e. The topological polar surface area (TPSA) is 72.5 Å². The molecule has 0 aromatic heterocycles. The van der Waals surface area contributed by atoms with Crippen LogP contribution in [0.15, 0.2) is 60.7 Å². The Labute approximate surface area is 165 Å². The van der Waals surface area contributed by atoms with E-state index < -0.39 is 17.9 Å². The quantitative estimate of drug-likeness (QED) is 0.782. The van der Waals surface area contributed by atoms with Gasteiger partial charge in [-0.15, -0.1) is 0 Å². The number of methoxy groups -OCH3 is 1. The minimum atomic E-state index is -0.823. The average Bonchev–Trinajstić information content (AvgIpc) is 2.73. The summed E-state index contributed by atoms with van der Waals surface area (Å²) in [6.07, 6.45) is 2.27. The lowest BCUT2D eigenvalue weighted by Crippen LogP contribution is -2.49. The molecule has 3 rings (SSSR count). The van der Waals surface area contributed by atoms with E-state index in [1.807, 2.05) is 60.7 Å². The number of carbonyl (C=O) groups is 3. The Morgan fingerprint density at radius 3 is 2.07 bits per heavy atom. The molecular formula is C23H25NO4. The summed E-state index contributed by atoms with van der Waals surface area (Å²) in [6.45, 7) is 0. The molecule has 1 amide bonds. The number of esters is 1. The molecule has 28 heavy (non-hydrogen) atoms. The Morgan fingerprint density at radius 2 is 1.57 bits per heavy atom. The maximum atomic E-state index is 13.3. The van der Waals surface area contributed by atoms with Crippen LogP contribution < -0.4 is 5.32 Å². The molecule has 0 aliphatic heterocycles. The van der Waals surface area contributed by atoms with Crippen LogP contribution in [0, 0.1) is 5.92 Å². The minimum absolute atomic E-state index is 0.127. The molecule has 2 aromatic carbocycles. The van der Waals surface area contributed by atoms with Crippen molar-refractivity contribution >= 4 is 17.7 Å². The molecule has 5 heteroatoms. The summed E-state index contributed by atoms with van der Waals surface area (Å²) in [5.41, 5.74) is 1.68. The van der Waals surface area contributed by atoms with Gasteiger partial charge in [0.15, 0.2) is 0 Å². The monoisotopic (exact) mass is 379 g/mol. The predicted octanol–water partition coefficient (Wildman–Crippen LogP) is 3.24. The van der Waals surface area contributed by atoms with Gasteiger partial charge in [0, 0.05) is 12.8 Å². The Morgan fingerprint density at radius 1 is 1.00 bits per heavy atom. The first-order valence-corrected chi connectivity index (χ1v) is 9.60. The van der Waals surface area contributed by atoms with E-state index in [1.54, 1.807) is 0 Å². The first-order chi connectivity index (χ1) is 13.6. The van der Waals surface area contributed by atoms with E-state index in [1.165, 1.54) is 7.11 Å². The fourth-order valence-corrected chi connectivity index (χ4v) is 3.86. The summed E-state index contributed by atoms with van der Waals surface area (Å²) in [5, 5.41) is 2.89. The van der Waals surface area contributed by atoms with Crippen LogP contribution in [0.1, 0.15) is 42.7 Å². The van der Waals surface area contributed by atoms with Crippen LogP contribution in [-0.2, 0) is 19.1 Å². The average molecular weight is 379 g/mol. The van der Waals surface area contributed by atoms with Crippen molar-refractivity contribution in [3.63, 3.8) is 0 Å². The third-order valence-corrected chi connectivity index (χ3v) is 5.27. The van der Waals surface area contributed by atoms with Crippen molar-refractivity contribution in [1.82, 2.24) is 5.32 Å². The molecule has 0 spiro atoms. The van der Waals surface area contributed by atoms with Crippen LogP contribution in [0.5, 0.6) is 0 Å². The van der Waals surface area contributed by atoms with E-state index >= 15 is 0 Å². The fraction of sp³-hybridized carbons (Fsp3) is 0.348. The van der Waals surface area contributed by atoms with Gasteiger partial charge in [0.2, 0.25) is 5.91 Å². The molecule has 1 fully saturated rings. The number of carbonyl (C=O) groups excluding carboxylic acids is 3. The molecule has 0 bridgehead atoms. The lowest BCUT2D eigenvalue weighted by atomic mass is 9.82. The van der Waals surface area contributed by atoms with Crippen LogP contribution in [0.3, 0.4) is 0 Å². The zero-order chi connectivity index (χ0) is 19.9. The number of Topliss-reactive ketones (excluding diaryl/α,β-unsaturated/α-hetero) is 1. The van der Waals surface area contributed by atoms with Crippen molar-refractivity contribution in [1.29, 1.82) is 0 Å². The van der Waals surface area contributed by atoms with Crippen molar-refractivity contribution in [2.75, 3.05) is 7.11 Å². The van der Waals surface area contributed by atoms with Crippen LogP contribution >= 0.6 is 0 Å². The summed E-state index contributed by atoms with van der Waals surface area (Å²) in [4.78, 5) is 37.6. The summed E-state index contributed by atoms with van der Waals surface area (Å²) < 4.78 is 4.93. The van der Waals surface area contributed by atoms with Gasteiger partial charge in [0.25, 0.3) is 0 Å². The first kappa shape index (κ1) is 19.8. The van der Waals surface area contributed by atoms with Gasteiger partial charge < -0.3 is 10.1 Å². The molecular weight excluding hydrogens is 354 g/mol. The lowest BCUT2D eigenvalue weighted by Gasteiger charge is -2.30. The molecule has 0 unspecified atom stereocenters. The Balaban J connectivity index is 1.88. The summed E-state index contributed by atoms with van der Waals surface area (Å²) >= 11 is 0. The van der Waals surface area contributed by atoms with Crippen LogP contribution in [-0.4, -0.2) is 30.8 Å². The highest BCUT2D eigenvalue weighted by atomic mass is 16.5. The van der Waals surface area contributed by atoms with Gasteiger partial charge in [0.05, 0.1) is 13.0 Å². The number of ketones is 1.